The van der Waals surface area contributed by atoms with Crippen molar-refractivity contribution in [3.63, 3.8) is 0 Å². The third kappa shape index (κ3) is 13.2. The van der Waals surface area contributed by atoms with Gasteiger partial charge in [-0.15, -0.1) is 0 Å². The Kier molecular flexibility index (Phi) is 17.9. The molecule has 16 aromatic rings. The van der Waals surface area contributed by atoms with Gasteiger partial charge >= 0.3 is 0 Å². The summed E-state index contributed by atoms with van der Waals surface area (Å²) in [4.78, 5) is 9.02. The summed E-state index contributed by atoms with van der Waals surface area (Å²) in [6, 6.07) is 129. The summed E-state index contributed by atoms with van der Waals surface area (Å²) in [5, 5.41) is 15.3. The van der Waals surface area contributed by atoms with E-state index in [1.807, 2.05) is 6.07 Å². The van der Waals surface area contributed by atoms with Crippen LogP contribution in [0.2, 0.25) is 0 Å². The van der Waals surface area contributed by atoms with Gasteiger partial charge in [-0.3, -0.25) is 0 Å². The molecule has 0 N–H and O–H groups in total. The zero-order chi connectivity index (χ0) is 62.6. The number of nitrogens with zero attached hydrogens (tertiary/aromatic N) is 4. The average Bonchev–Trinajstić information content (AvgIpc) is 2.52. The van der Waals surface area contributed by atoms with Crippen molar-refractivity contribution in [2.45, 2.75) is 0 Å². The van der Waals surface area contributed by atoms with E-state index in [1.54, 1.807) is 0 Å². The van der Waals surface area contributed by atoms with Crippen LogP contribution in [0.5, 0.6) is 0 Å². The van der Waals surface area contributed by atoms with E-state index in [-0.39, 0.29) is 0 Å². The summed E-state index contributed by atoms with van der Waals surface area (Å²) in [6.45, 7) is 0. The van der Waals surface area contributed by atoms with Crippen LogP contribution < -0.4 is 19.6 Å². The van der Waals surface area contributed by atoms with Crippen LogP contribution in [-0.2, 0) is 0 Å². The van der Waals surface area contributed by atoms with E-state index in [9.17, 15) is 0 Å². The van der Waals surface area contributed by atoms with E-state index < -0.39 is 0 Å². The lowest BCUT2D eigenvalue weighted by molar-refractivity contribution is 1.22. The summed E-state index contributed by atoms with van der Waals surface area (Å²) in [5.74, 6) is 0. The normalized spacial score (nSPS) is 10.8. The van der Waals surface area contributed by atoms with Gasteiger partial charge in [0.25, 0.3) is 0 Å². The summed E-state index contributed by atoms with van der Waals surface area (Å²) in [6.07, 6.45) is 0. The van der Waals surface area contributed by atoms with Crippen molar-refractivity contribution in [3.8, 4) is 22.3 Å². The second kappa shape index (κ2) is 27.8. The second-order valence-corrected chi connectivity index (χ2v) is 23.1. The second-order valence-electron chi connectivity index (χ2n) is 23.1. The zero-order valence-electron chi connectivity index (χ0n) is 52.4. The molecule has 0 atom stereocenters. The number of rotatable bonds is 10. The molecule has 4 heteroatoms. The monoisotopic (exact) mass is 1180 g/mol. The van der Waals surface area contributed by atoms with Gasteiger partial charge in [-0.1, -0.05) is 291 Å². The van der Waals surface area contributed by atoms with E-state index in [1.165, 1.54) is 132 Å². The Morgan fingerprint density at radius 3 is 0.837 bits per heavy atom. The molecule has 0 bridgehead atoms. The van der Waals surface area contributed by atoms with Gasteiger partial charge in [0, 0.05) is 95.2 Å². The third-order valence-electron chi connectivity index (χ3n) is 17.5. The highest BCUT2D eigenvalue weighted by molar-refractivity contribution is 6.02. The molecule has 4 nitrogen and oxygen atoms in total. The zero-order valence-corrected chi connectivity index (χ0v) is 52.4. The van der Waals surface area contributed by atoms with E-state index in [0.717, 1.165) is 0 Å². The summed E-state index contributed by atoms with van der Waals surface area (Å²) < 4.78 is 0. The molecule has 0 aliphatic rings. The fourth-order valence-electron chi connectivity index (χ4n) is 12.4. The largest absolute Gasteiger partial charge is 0.345 e. The first kappa shape index (κ1) is 59.3. The maximum Gasteiger partial charge on any atom is 0.0487 e. The van der Waals surface area contributed by atoms with Gasteiger partial charge in [0.1, 0.15) is 0 Å². The Hall–Kier alpha value is -11.7. The van der Waals surface area contributed by atoms with Crippen LogP contribution in [0.3, 0.4) is 0 Å². The average molecular weight is 1190 g/mol. The smallest absolute Gasteiger partial charge is 0.0487 e. The molecule has 0 saturated carbocycles. The van der Waals surface area contributed by atoms with Crippen molar-refractivity contribution < 1.29 is 0 Å². The van der Waals surface area contributed by atoms with Crippen LogP contribution in [-0.4, -0.2) is 28.2 Å². The van der Waals surface area contributed by atoms with Crippen LogP contribution in [0.25, 0.3) is 86.9 Å². The topological polar surface area (TPSA) is 13.0 Å². The predicted molar refractivity (Wildman–Crippen MR) is 400 cm³/mol. The Balaban J connectivity index is 0.000000112. The standard InChI is InChI=1S/2C23H19N.2C21H17N/c1-24(23-16-8-12-19-11-5-6-15-22(19)23)21-14-7-13-20(17-21)18-9-3-2-4-10-18;1-24(23-13-7-11-20-10-5-6-12-22(20)23)21-16-14-19(15-17-21)18-8-3-2-4-9-18;1-22(20-14-6-10-16-8-2-4-12-18(16)20)21-15-7-11-17-9-3-5-13-19(17)21;1-22(20-12-10-16-6-2-4-8-18(16)14-20)21-13-11-17-7-3-5-9-19(17)15-21/h2*2-17H,1H3;2*2-15H,1H3. The summed E-state index contributed by atoms with van der Waals surface area (Å²) in [5.41, 5.74) is 14.7. The predicted octanol–water partition coefficient (Wildman–Crippen LogP) is 24.1. The molecule has 0 unspecified atom stereocenters. The van der Waals surface area contributed by atoms with Gasteiger partial charge < -0.3 is 19.6 Å². The van der Waals surface area contributed by atoms with Crippen molar-refractivity contribution >= 4 is 110 Å². The lowest BCUT2D eigenvalue weighted by Gasteiger charge is -2.23. The Labute approximate surface area is 541 Å². The van der Waals surface area contributed by atoms with Gasteiger partial charge in [-0.2, -0.15) is 0 Å². The van der Waals surface area contributed by atoms with E-state index in [0.29, 0.717) is 0 Å². The molecule has 0 amide bonds. The van der Waals surface area contributed by atoms with Crippen molar-refractivity contribution in [1.29, 1.82) is 0 Å². The molecular weight excluding hydrogens is 1110 g/mol. The van der Waals surface area contributed by atoms with Crippen LogP contribution in [0.15, 0.2) is 364 Å². The SMILES string of the molecule is CN(c1ccc(-c2ccccc2)cc1)c1cccc2ccccc12.CN(c1ccc2ccccc2c1)c1ccc2ccccc2c1.CN(c1cccc(-c2ccccc2)c1)c1cccc2ccccc12.CN(c1cccc2ccccc12)c1cccc2ccccc12. The first-order valence-electron chi connectivity index (χ1n) is 31.5. The molecule has 0 heterocycles. The Bertz CT molecular complexity index is 4960. The Morgan fingerprint density at radius 2 is 0.424 bits per heavy atom. The number of hydrogen-bond acceptors (Lipinski definition) is 4. The van der Waals surface area contributed by atoms with Crippen molar-refractivity contribution in [2.24, 2.45) is 0 Å². The van der Waals surface area contributed by atoms with E-state index >= 15 is 0 Å². The lowest BCUT2D eigenvalue weighted by Crippen LogP contribution is -2.10. The molecule has 444 valence electrons. The highest BCUT2D eigenvalue weighted by Gasteiger charge is 2.14. The van der Waals surface area contributed by atoms with Crippen LogP contribution >= 0.6 is 0 Å². The molecule has 0 saturated heterocycles. The first-order valence-corrected chi connectivity index (χ1v) is 31.5. The van der Waals surface area contributed by atoms with Crippen molar-refractivity contribution in [1.82, 2.24) is 0 Å². The highest BCUT2D eigenvalue weighted by atomic mass is 15.1. The van der Waals surface area contributed by atoms with Crippen LogP contribution in [0, 0.1) is 0 Å². The maximum absolute atomic E-state index is 2.28. The third-order valence-corrected chi connectivity index (χ3v) is 17.5. The van der Waals surface area contributed by atoms with Crippen LogP contribution in [0.1, 0.15) is 0 Å². The molecule has 0 spiro atoms. The molecule has 16 aromatic carbocycles. The van der Waals surface area contributed by atoms with Gasteiger partial charge in [0.05, 0.1) is 0 Å². The molecule has 0 radical (unpaired) electrons. The number of fused-ring (bicyclic) bond motifs is 6. The molecule has 0 aliphatic carbocycles. The summed E-state index contributed by atoms with van der Waals surface area (Å²) >= 11 is 0. The van der Waals surface area contributed by atoms with E-state index in [4.69, 9.17) is 0 Å². The molecule has 0 fully saturated rings. The molecular formula is C88H72N4. The van der Waals surface area contributed by atoms with E-state index in [2.05, 4.69) is 406 Å². The number of anilines is 8. The quantitative estimate of drug-likeness (QED) is 0.135. The van der Waals surface area contributed by atoms with Gasteiger partial charge in [-0.05, 0) is 138 Å². The number of hydrogen-bond donors (Lipinski definition) is 0. The van der Waals surface area contributed by atoms with Crippen molar-refractivity contribution in [3.05, 3.63) is 364 Å². The first-order chi connectivity index (χ1) is 45.3. The minimum atomic E-state index is 1.19. The molecule has 0 aliphatic heterocycles. The van der Waals surface area contributed by atoms with Gasteiger partial charge in [0.15, 0.2) is 0 Å². The maximum atomic E-state index is 2.28. The highest BCUT2D eigenvalue weighted by Crippen LogP contribution is 2.38. The Morgan fingerprint density at radius 1 is 0.152 bits per heavy atom. The number of benzene rings is 16. The molecule has 16 rings (SSSR count). The molecule has 92 heavy (non-hydrogen) atoms. The fraction of sp³-hybridized carbons (Fsp3) is 0.0455. The minimum Gasteiger partial charge on any atom is -0.345 e. The lowest BCUT2D eigenvalue weighted by atomic mass is 10.0. The van der Waals surface area contributed by atoms with Crippen LogP contribution in [0.4, 0.5) is 45.5 Å². The van der Waals surface area contributed by atoms with Gasteiger partial charge in [0.2, 0.25) is 0 Å². The van der Waals surface area contributed by atoms with Gasteiger partial charge in [-0.25, -0.2) is 0 Å². The van der Waals surface area contributed by atoms with Crippen molar-refractivity contribution in [2.75, 3.05) is 47.8 Å². The minimum absolute atomic E-state index is 1.19. The fourth-order valence-corrected chi connectivity index (χ4v) is 12.4. The molecule has 0 aromatic heterocycles. The summed E-state index contributed by atoms with van der Waals surface area (Å²) in [7, 11) is 8.52.